The van der Waals surface area contributed by atoms with Crippen LogP contribution in [0.2, 0.25) is 0 Å². The van der Waals surface area contributed by atoms with Crippen molar-refractivity contribution in [3.8, 4) is 5.69 Å². The summed E-state index contributed by atoms with van der Waals surface area (Å²) >= 11 is 0. The Hall–Kier alpha value is -2.72. The normalized spacial score (nSPS) is 15.0. The monoisotopic (exact) mass is 358 g/mol. The Balaban J connectivity index is 1.46. The van der Waals surface area contributed by atoms with E-state index < -0.39 is 0 Å². The van der Waals surface area contributed by atoms with Gasteiger partial charge in [0.2, 0.25) is 0 Å². The number of nitrogens with zero attached hydrogens (tertiary/aromatic N) is 4. The average molecular weight is 358 g/mol. The highest BCUT2D eigenvalue weighted by Gasteiger charge is 2.16. The molecule has 1 aliphatic rings. The first-order chi connectivity index (χ1) is 13.1. The van der Waals surface area contributed by atoms with Crippen LogP contribution in [-0.2, 0) is 6.54 Å². The number of benzene rings is 1. The Morgan fingerprint density at radius 1 is 1.04 bits per heavy atom. The molecule has 1 aliphatic heterocycles. The predicted octanol–water partition coefficient (Wildman–Crippen LogP) is 4.48. The molecule has 0 fully saturated rings. The van der Waals surface area contributed by atoms with Crippen LogP contribution in [0, 0.1) is 20.8 Å². The zero-order valence-electron chi connectivity index (χ0n) is 16.3. The summed E-state index contributed by atoms with van der Waals surface area (Å²) in [5, 5.41) is 4.58. The lowest BCUT2D eigenvalue weighted by Gasteiger charge is -2.26. The zero-order valence-corrected chi connectivity index (χ0v) is 16.3. The van der Waals surface area contributed by atoms with Gasteiger partial charge in [0.05, 0.1) is 17.6 Å². The van der Waals surface area contributed by atoms with E-state index in [1.54, 1.807) is 0 Å². The molecule has 1 aromatic carbocycles. The number of aromatic nitrogens is 3. The molecular weight excluding hydrogens is 332 g/mol. The highest BCUT2D eigenvalue weighted by Crippen LogP contribution is 2.24. The van der Waals surface area contributed by atoms with Gasteiger partial charge in [0.1, 0.15) is 0 Å². The summed E-state index contributed by atoms with van der Waals surface area (Å²) in [5.41, 5.74) is 8.78. The highest BCUT2D eigenvalue weighted by molar-refractivity contribution is 5.66. The number of rotatable bonds is 4. The van der Waals surface area contributed by atoms with Gasteiger partial charge < -0.3 is 0 Å². The standard InChI is InChI=1S/C23H26N4/c1-17-6-7-22(13-19(17)3)27-15-21(14-25-27)20-8-11-26(12-9-20)16-23-18(2)5-4-10-24-23/h4-8,10,13-15H,9,11-12,16H2,1-3H3. The largest absolute Gasteiger partial charge is 0.294 e. The van der Waals surface area contributed by atoms with Crippen LogP contribution in [0.5, 0.6) is 0 Å². The number of aryl methyl sites for hydroxylation is 3. The van der Waals surface area contributed by atoms with E-state index in [4.69, 9.17) is 0 Å². The lowest BCUT2D eigenvalue weighted by molar-refractivity contribution is 0.290. The van der Waals surface area contributed by atoms with Gasteiger partial charge in [-0.25, -0.2) is 4.68 Å². The van der Waals surface area contributed by atoms with Crippen molar-refractivity contribution in [1.29, 1.82) is 0 Å². The molecule has 0 amide bonds. The van der Waals surface area contributed by atoms with E-state index in [-0.39, 0.29) is 0 Å². The SMILES string of the molecule is Cc1ccc(-n2cc(C3=CCN(Cc4ncccc4C)CC3)cn2)cc1C. The van der Waals surface area contributed by atoms with E-state index in [2.05, 4.69) is 72.3 Å². The quantitative estimate of drug-likeness (QED) is 0.689. The Kier molecular flexibility index (Phi) is 4.90. The summed E-state index contributed by atoms with van der Waals surface area (Å²) in [5.74, 6) is 0. The molecule has 0 N–H and O–H groups in total. The first kappa shape index (κ1) is 17.7. The van der Waals surface area contributed by atoms with Gasteiger partial charge in [-0.2, -0.15) is 5.10 Å². The van der Waals surface area contributed by atoms with E-state index in [1.807, 2.05) is 23.1 Å². The van der Waals surface area contributed by atoms with Gasteiger partial charge >= 0.3 is 0 Å². The molecule has 27 heavy (non-hydrogen) atoms. The van der Waals surface area contributed by atoms with Crippen LogP contribution < -0.4 is 0 Å². The molecule has 0 saturated carbocycles. The molecule has 4 heteroatoms. The Morgan fingerprint density at radius 2 is 1.93 bits per heavy atom. The molecule has 138 valence electrons. The molecule has 0 bridgehead atoms. The average Bonchev–Trinajstić information content (AvgIpc) is 3.17. The molecule has 0 radical (unpaired) electrons. The first-order valence-electron chi connectivity index (χ1n) is 9.55. The van der Waals surface area contributed by atoms with Crippen molar-refractivity contribution in [2.24, 2.45) is 0 Å². The molecule has 2 aromatic heterocycles. The van der Waals surface area contributed by atoms with Gasteiger partial charge in [0, 0.05) is 37.6 Å². The summed E-state index contributed by atoms with van der Waals surface area (Å²) in [6.07, 6.45) is 9.40. The minimum Gasteiger partial charge on any atom is -0.294 e. The number of hydrogen-bond donors (Lipinski definition) is 0. The summed E-state index contributed by atoms with van der Waals surface area (Å²) in [7, 11) is 0. The molecule has 3 aromatic rings. The minimum atomic E-state index is 0.915. The lowest BCUT2D eigenvalue weighted by Crippen LogP contribution is -2.28. The van der Waals surface area contributed by atoms with Crippen LogP contribution in [0.3, 0.4) is 0 Å². The Morgan fingerprint density at radius 3 is 2.67 bits per heavy atom. The third kappa shape index (κ3) is 3.86. The van der Waals surface area contributed by atoms with Crippen molar-refractivity contribution < 1.29 is 0 Å². The van der Waals surface area contributed by atoms with Crippen LogP contribution in [0.25, 0.3) is 11.3 Å². The molecular formula is C23H26N4. The Bertz CT molecular complexity index is 984. The third-order valence-electron chi connectivity index (χ3n) is 5.49. The number of hydrogen-bond acceptors (Lipinski definition) is 3. The van der Waals surface area contributed by atoms with Crippen molar-refractivity contribution >= 4 is 5.57 Å². The second-order valence-electron chi connectivity index (χ2n) is 7.42. The fraction of sp³-hybridized carbons (Fsp3) is 0.304. The second kappa shape index (κ2) is 7.49. The molecule has 3 heterocycles. The van der Waals surface area contributed by atoms with Gasteiger partial charge in [-0.15, -0.1) is 0 Å². The maximum absolute atomic E-state index is 4.58. The van der Waals surface area contributed by atoms with Crippen molar-refractivity contribution in [3.63, 3.8) is 0 Å². The highest BCUT2D eigenvalue weighted by atomic mass is 15.3. The van der Waals surface area contributed by atoms with E-state index >= 15 is 0 Å². The predicted molar refractivity (Wildman–Crippen MR) is 110 cm³/mol. The first-order valence-corrected chi connectivity index (χ1v) is 9.55. The zero-order chi connectivity index (χ0) is 18.8. The van der Waals surface area contributed by atoms with E-state index in [9.17, 15) is 0 Å². The van der Waals surface area contributed by atoms with E-state index in [1.165, 1.54) is 33.5 Å². The maximum Gasteiger partial charge on any atom is 0.0648 e. The molecule has 0 spiro atoms. The molecule has 0 atom stereocenters. The minimum absolute atomic E-state index is 0.915. The summed E-state index contributed by atoms with van der Waals surface area (Å²) in [4.78, 5) is 6.97. The second-order valence-corrected chi connectivity index (χ2v) is 7.42. The molecule has 4 rings (SSSR count). The van der Waals surface area contributed by atoms with Gasteiger partial charge in [-0.1, -0.05) is 18.2 Å². The van der Waals surface area contributed by atoms with Crippen LogP contribution >= 0.6 is 0 Å². The molecule has 0 unspecified atom stereocenters. The fourth-order valence-electron chi connectivity index (χ4n) is 3.51. The summed E-state index contributed by atoms with van der Waals surface area (Å²) in [6, 6.07) is 10.6. The summed E-state index contributed by atoms with van der Waals surface area (Å²) < 4.78 is 1.98. The van der Waals surface area contributed by atoms with Crippen LogP contribution in [0.1, 0.15) is 34.4 Å². The fourth-order valence-corrected chi connectivity index (χ4v) is 3.51. The van der Waals surface area contributed by atoms with Gasteiger partial charge in [0.25, 0.3) is 0 Å². The number of pyridine rings is 1. The van der Waals surface area contributed by atoms with Gasteiger partial charge in [0.15, 0.2) is 0 Å². The van der Waals surface area contributed by atoms with Crippen LogP contribution in [0.4, 0.5) is 0 Å². The van der Waals surface area contributed by atoms with Crippen molar-refractivity contribution in [2.45, 2.75) is 33.7 Å². The molecule has 4 nitrogen and oxygen atoms in total. The maximum atomic E-state index is 4.58. The van der Waals surface area contributed by atoms with Crippen LogP contribution in [0.15, 0.2) is 55.0 Å². The van der Waals surface area contributed by atoms with Gasteiger partial charge in [-0.3, -0.25) is 9.88 Å². The lowest BCUT2D eigenvalue weighted by atomic mass is 10.0. The molecule has 0 saturated heterocycles. The third-order valence-corrected chi connectivity index (χ3v) is 5.49. The van der Waals surface area contributed by atoms with Crippen LogP contribution in [-0.4, -0.2) is 32.8 Å². The smallest absolute Gasteiger partial charge is 0.0648 e. The van der Waals surface area contributed by atoms with Crippen molar-refractivity contribution in [2.75, 3.05) is 13.1 Å². The van der Waals surface area contributed by atoms with E-state index in [0.717, 1.165) is 31.7 Å². The van der Waals surface area contributed by atoms with Gasteiger partial charge in [-0.05, 0) is 67.7 Å². The topological polar surface area (TPSA) is 34.0 Å². The van der Waals surface area contributed by atoms with E-state index in [0.29, 0.717) is 0 Å². The Labute approximate surface area is 161 Å². The summed E-state index contributed by atoms with van der Waals surface area (Å²) in [6.45, 7) is 9.34. The van der Waals surface area contributed by atoms with Crippen molar-refractivity contribution in [1.82, 2.24) is 19.7 Å². The van der Waals surface area contributed by atoms with Crippen molar-refractivity contribution in [3.05, 3.63) is 82.9 Å². The molecule has 0 aliphatic carbocycles.